The van der Waals surface area contributed by atoms with E-state index in [1.54, 1.807) is 79.9 Å². The molecule has 3 N–H and O–H groups in total. The van der Waals surface area contributed by atoms with Crippen LogP contribution < -0.4 is 29.6 Å². The summed E-state index contributed by atoms with van der Waals surface area (Å²) in [6, 6.07) is 24.9. The van der Waals surface area contributed by atoms with Gasteiger partial charge in [-0.2, -0.15) is 0 Å². The molecule has 0 radical (unpaired) electrons. The Morgan fingerprint density at radius 2 is 1.28 bits per heavy atom. The Morgan fingerprint density at radius 1 is 0.698 bits per heavy atom. The number of hydrogen-bond donors (Lipinski definition) is 3. The molecule has 0 aromatic heterocycles. The fourth-order valence-corrected chi connectivity index (χ4v) is 5.73. The molecule has 0 aliphatic rings. The van der Waals surface area contributed by atoms with E-state index >= 15 is 0 Å². The molecule has 0 bridgehead atoms. The standard InChI is InChI=1S/C40H45N3O9S/c1-4-5-6-7-8-25-51-34-23-15-31(16-24-34)40(47)52-35-21-11-28(12-22-35)26-36(39(46)43-53(3,48)49)42-38(45)30-13-17-32(18-14-30)41-37(44)27-29-9-19-33(50-2)20-10-29/h9-24,36H,4-8,25-27H2,1-3H3,(H,41,44)(H,42,45)(H,43,46)/t36-/m0/s1. The van der Waals surface area contributed by atoms with Crippen molar-refractivity contribution in [2.24, 2.45) is 0 Å². The zero-order chi connectivity index (χ0) is 38.2. The van der Waals surface area contributed by atoms with Gasteiger partial charge in [-0.25, -0.2) is 13.2 Å². The van der Waals surface area contributed by atoms with Gasteiger partial charge >= 0.3 is 5.97 Å². The van der Waals surface area contributed by atoms with Crippen LogP contribution in [0.25, 0.3) is 0 Å². The molecule has 0 unspecified atom stereocenters. The highest BCUT2D eigenvalue weighted by Crippen LogP contribution is 2.19. The highest BCUT2D eigenvalue weighted by Gasteiger charge is 2.24. The van der Waals surface area contributed by atoms with Gasteiger partial charge in [0.1, 0.15) is 23.3 Å². The number of amides is 3. The predicted molar refractivity (Wildman–Crippen MR) is 202 cm³/mol. The molecule has 0 fully saturated rings. The van der Waals surface area contributed by atoms with E-state index in [1.165, 1.54) is 43.5 Å². The summed E-state index contributed by atoms with van der Waals surface area (Å²) >= 11 is 0. The van der Waals surface area contributed by atoms with Crippen molar-refractivity contribution < 1.29 is 41.8 Å². The normalized spacial score (nSPS) is 11.5. The fraction of sp³-hybridized carbons (Fsp3) is 0.300. The highest BCUT2D eigenvalue weighted by atomic mass is 32.2. The van der Waals surface area contributed by atoms with Crippen molar-refractivity contribution in [1.29, 1.82) is 0 Å². The van der Waals surface area contributed by atoms with Gasteiger partial charge in [-0.05, 0) is 90.3 Å². The molecule has 0 aliphatic carbocycles. The third-order valence-electron chi connectivity index (χ3n) is 8.04. The Bertz CT molecular complexity index is 1930. The average molecular weight is 744 g/mol. The minimum absolute atomic E-state index is 0.0686. The number of carbonyl (C=O) groups is 4. The van der Waals surface area contributed by atoms with Crippen LogP contribution in [0, 0.1) is 0 Å². The molecule has 280 valence electrons. The highest BCUT2D eigenvalue weighted by molar-refractivity contribution is 7.89. The number of rotatable bonds is 19. The number of nitrogens with one attached hydrogen (secondary N) is 3. The van der Waals surface area contributed by atoms with Crippen LogP contribution in [0.1, 0.15) is 70.9 Å². The first-order valence-electron chi connectivity index (χ1n) is 17.3. The van der Waals surface area contributed by atoms with Crippen molar-refractivity contribution >= 4 is 39.4 Å². The molecular formula is C40H45N3O9S. The van der Waals surface area contributed by atoms with Gasteiger partial charge in [0.2, 0.25) is 15.9 Å². The summed E-state index contributed by atoms with van der Waals surface area (Å²) in [4.78, 5) is 51.4. The van der Waals surface area contributed by atoms with Gasteiger partial charge in [0, 0.05) is 17.7 Å². The topological polar surface area (TPSA) is 166 Å². The summed E-state index contributed by atoms with van der Waals surface area (Å²) in [6.45, 7) is 2.78. The van der Waals surface area contributed by atoms with Crippen LogP contribution in [0.5, 0.6) is 17.2 Å². The molecule has 12 nitrogen and oxygen atoms in total. The molecule has 13 heteroatoms. The Balaban J connectivity index is 1.33. The van der Waals surface area contributed by atoms with Crippen molar-refractivity contribution in [3.8, 4) is 17.2 Å². The number of carbonyl (C=O) groups excluding carboxylic acids is 4. The second-order valence-electron chi connectivity index (χ2n) is 12.4. The molecule has 4 aromatic rings. The molecule has 0 saturated heterocycles. The van der Waals surface area contributed by atoms with Crippen LogP contribution in [0.4, 0.5) is 5.69 Å². The van der Waals surface area contributed by atoms with Crippen molar-refractivity contribution in [3.63, 3.8) is 0 Å². The number of anilines is 1. The van der Waals surface area contributed by atoms with Crippen molar-refractivity contribution in [3.05, 3.63) is 119 Å². The summed E-state index contributed by atoms with van der Waals surface area (Å²) in [7, 11) is -2.37. The molecule has 1 atom stereocenters. The summed E-state index contributed by atoms with van der Waals surface area (Å²) in [5, 5.41) is 5.37. The quantitative estimate of drug-likeness (QED) is 0.0606. The number of benzene rings is 4. The van der Waals surface area contributed by atoms with Crippen LogP contribution in [0.2, 0.25) is 0 Å². The lowest BCUT2D eigenvalue weighted by molar-refractivity contribution is -0.121. The molecule has 3 amide bonds. The zero-order valence-corrected chi connectivity index (χ0v) is 30.9. The molecule has 0 heterocycles. The van der Waals surface area contributed by atoms with Gasteiger partial charge in [-0.3, -0.25) is 19.1 Å². The molecule has 0 spiro atoms. The van der Waals surface area contributed by atoms with E-state index in [4.69, 9.17) is 14.2 Å². The maximum absolute atomic E-state index is 13.2. The molecule has 0 saturated carbocycles. The van der Waals surface area contributed by atoms with E-state index in [-0.39, 0.29) is 30.1 Å². The van der Waals surface area contributed by atoms with Crippen molar-refractivity contribution in [2.45, 2.75) is 57.9 Å². The van der Waals surface area contributed by atoms with Gasteiger partial charge in [0.05, 0.1) is 32.0 Å². The van der Waals surface area contributed by atoms with Gasteiger partial charge < -0.3 is 24.8 Å². The van der Waals surface area contributed by atoms with Crippen LogP contribution in [0.15, 0.2) is 97.1 Å². The lowest BCUT2D eigenvalue weighted by Gasteiger charge is -2.18. The number of methoxy groups -OCH3 is 1. The third kappa shape index (κ3) is 13.8. The maximum atomic E-state index is 13.2. The van der Waals surface area contributed by atoms with Crippen LogP contribution in [-0.4, -0.2) is 58.1 Å². The smallest absolute Gasteiger partial charge is 0.343 e. The Hall–Kier alpha value is -5.69. The molecule has 53 heavy (non-hydrogen) atoms. The minimum atomic E-state index is -3.93. The number of ether oxygens (including phenoxy) is 3. The van der Waals surface area contributed by atoms with Gasteiger partial charge in [0.25, 0.3) is 11.8 Å². The van der Waals surface area contributed by atoms with E-state index in [9.17, 15) is 27.6 Å². The van der Waals surface area contributed by atoms with Gasteiger partial charge in [-0.1, -0.05) is 56.9 Å². The summed E-state index contributed by atoms with van der Waals surface area (Å²) in [5.74, 6) is -0.778. The second-order valence-corrected chi connectivity index (χ2v) is 14.2. The third-order valence-corrected chi connectivity index (χ3v) is 8.61. The second kappa shape index (κ2) is 19.8. The van der Waals surface area contributed by atoms with E-state index in [0.29, 0.717) is 34.9 Å². The zero-order valence-electron chi connectivity index (χ0n) is 30.1. The Morgan fingerprint density at radius 3 is 1.91 bits per heavy atom. The van der Waals surface area contributed by atoms with Crippen LogP contribution >= 0.6 is 0 Å². The van der Waals surface area contributed by atoms with Gasteiger partial charge in [0.15, 0.2) is 0 Å². The van der Waals surface area contributed by atoms with Gasteiger partial charge in [-0.15, -0.1) is 0 Å². The van der Waals surface area contributed by atoms with Crippen molar-refractivity contribution in [1.82, 2.24) is 10.0 Å². The summed E-state index contributed by atoms with van der Waals surface area (Å²) < 4.78 is 42.0. The van der Waals surface area contributed by atoms with E-state index < -0.39 is 33.8 Å². The lowest BCUT2D eigenvalue weighted by Crippen LogP contribution is -2.49. The Labute approximate surface area is 310 Å². The van der Waals surface area contributed by atoms with Crippen LogP contribution in [0.3, 0.4) is 0 Å². The first-order valence-corrected chi connectivity index (χ1v) is 19.2. The van der Waals surface area contributed by atoms with E-state index in [1.807, 2.05) is 4.72 Å². The molecule has 0 aliphatic heterocycles. The summed E-state index contributed by atoms with van der Waals surface area (Å²) in [5.41, 5.74) is 2.34. The van der Waals surface area contributed by atoms with Crippen LogP contribution in [-0.2, 0) is 32.5 Å². The largest absolute Gasteiger partial charge is 0.497 e. The number of esters is 1. The van der Waals surface area contributed by atoms with E-state index in [2.05, 4.69) is 17.6 Å². The molecular weight excluding hydrogens is 699 g/mol. The number of unbranched alkanes of at least 4 members (excludes halogenated alkanes) is 4. The maximum Gasteiger partial charge on any atom is 0.343 e. The first-order chi connectivity index (χ1) is 25.4. The SMILES string of the molecule is CCCCCCCOc1ccc(C(=O)Oc2ccc(C[C@H](NC(=O)c3ccc(NC(=O)Cc4ccc(OC)cc4)cc3)C(=O)NS(C)(=O)=O)cc2)cc1. The monoisotopic (exact) mass is 743 g/mol. The molecule has 4 aromatic carbocycles. The molecule has 4 rings (SSSR count). The number of sulfonamides is 1. The lowest BCUT2D eigenvalue weighted by atomic mass is 10.0. The Kier molecular flexibility index (Phi) is 15.0. The summed E-state index contributed by atoms with van der Waals surface area (Å²) in [6.07, 6.45) is 6.58. The average Bonchev–Trinajstić information content (AvgIpc) is 3.13. The minimum Gasteiger partial charge on any atom is -0.497 e. The number of hydrogen-bond acceptors (Lipinski definition) is 9. The predicted octanol–water partition coefficient (Wildman–Crippen LogP) is 5.86. The van der Waals surface area contributed by atoms with Crippen molar-refractivity contribution in [2.75, 3.05) is 25.3 Å². The van der Waals surface area contributed by atoms with E-state index in [0.717, 1.165) is 24.7 Å². The fourth-order valence-electron chi connectivity index (χ4n) is 5.22. The first kappa shape index (κ1) is 40.1.